The molecule has 25 heavy (non-hydrogen) atoms. The molecule has 0 saturated heterocycles. The van der Waals surface area contributed by atoms with Crippen LogP contribution in [0.5, 0.6) is 0 Å². The first-order chi connectivity index (χ1) is 12.0. The molecule has 3 heteroatoms. The molecule has 0 saturated carbocycles. The third-order valence-corrected chi connectivity index (χ3v) is 4.76. The van der Waals surface area contributed by atoms with Gasteiger partial charge < -0.3 is 14.9 Å². The van der Waals surface area contributed by atoms with Gasteiger partial charge in [-0.05, 0) is 57.4 Å². The van der Waals surface area contributed by atoms with E-state index >= 15 is 0 Å². The smallest absolute Gasteiger partial charge is 0.0716 e. The van der Waals surface area contributed by atoms with E-state index in [0.717, 1.165) is 58.0 Å². The number of benzene rings is 1. The minimum Gasteiger partial charge on any atom is -0.393 e. The summed E-state index contributed by atoms with van der Waals surface area (Å²) in [6, 6.07) is 10.2. The van der Waals surface area contributed by atoms with Crippen LogP contribution >= 0.6 is 0 Å². The lowest BCUT2D eigenvalue weighted by Crippen LogP contribution is -2.24. The van der Waals surface area contributed by atoms with Crippen molar-refractivity contribution >= 4 is 0 Å². The maximum atomic E-state index is 10.3. The summed E-state index contributed by atoms with van der Waals surface area (Å²) in [4.78, 5) is 0. The van der Waals surface area contributed by atoms with Gasteiger partial charge in [-0.3, -0.25) is 0 Å². The molecule has 0 radical (unpaired) electrons. The van der Waals surface area contributed by atoms with E-state index in [0.29, 0.717) is 6.61 Å². The lowest BCUT2D eigenvalue weighted by Gasteiger charge is -2.23. The van der Waals surface area contributed by atoms with E-state index in [1.807, 2.05) is 25.1 Å². The molecule has 0 aliphatic carbocycles. The van der Waals surface area contributed by atoms with Crippen molar-refractivity contribution < 1.29 is 14.9 Å². The second-order valence-electron chi connectivity index (χ2n) is 7.53. The molecule has 2 atom stereocenters. The Kier molecular flexibility index (Phi) is 11.8. The summed E-state index contributed by atoms with van der Waals surface area (Å²) in [5.41, 5.74) is 0.633. The van der Waals surface area contributed by atoms with Crippen molar-refractivity contribution in [3.63, 3.8) is 0 Å². The molecule has 0 unspecified atom stereocenters. The summed E-state index contributed by atoms with van der Waals surface area (Å²) in [7, 11) is 0. The SMILES string of the molecule is CCCCC[C@@](C)(O)CCC[C@@H](O)CCCCOCc1ccccc1. The van der Waals surface area contributed by atoms with E-state index in [1.54, 1.807) is 0 Å². The Hall–Kier alpha value is -0.900. The van der Waals surface area contributed by atoms with Crippen LogP contribution in [0.3, 0.4) is 0 Å². The van der Waals surface area contributed by atoms with Gasteiger partial charge in [-0.25, -0.2) is 0 Å². The summed E-state index contributed by atoms with van der Waals surface area (Å²) < 4.78 is 5.66. The lowest BCUT2D eigenvalue weighted by molar-refractivity contribution is 0.0321. The van der Waals surface area contributed by atoms with Crippen LogP contribution in [0.1, 0.15) is 83.6 Å². The normalized spacial score (nSPS) is 15.0. The molecule has 144 valence electrons. The third kappa shape index (κ3) is 12.1. The van der Waals surface area contributed by atoms with E-state index in [2.05, 4.69) is 19.1 Å². The average Bonchev–Trinajstić information content (AvgIpc) is 2.59. The summed E-state index contributed by atoms with van der Waals surface area (Å²) in [5, 5.41) is 20.4. The number of ether oxygens (including phenoxy) is 1. The molecule has 0 heterocycles. The minimum atomic E-state index is -0.569. The van der Waals surface area contributed by atoms with Gasteiger partial charge in [0, 0.05) is 6.61 Å². The molecule has 1 aromatic rings. The molecule has 2 N–H and O–H groups in total. The van der Waals surface area contributed by atoms with Crippen molar-refractivity contribution in [2.75, 3.05) is 6.61 Å². The summed E-state index contributed by atoms with van der Waals surface area (Å²) in [5.74, 6) is 0. The maximum Gasteiger partial charge on any atom is 0.0716 e. The van der Waals surface area contributed by atoms with Crippen molar-refractivity contribution in [2.45, 2.75) is 96.4 Å². The first-order valence-electron chi connectivity index (χ1n) is 10.1. The fourth-order valence-electron chi connectivity index (χ4n) is 3.09. The molecular formula is C22H38O3. The van der Waals surface area contributed by atoms with Crippen LogP contribution in [-0.4, -0.2) is 28.5 Å². The highest BCUT2D eigenvalue weighted by molar-refractivity contribution is 5.13. The Bertz CT molecular complexity index is 417. The largest absolute Gasteiger partial charge is 0.393 e. The van der Waals surface area contributed by atoms with Crippen LogP contribution in [0.25, 0.3) is 0 Å². The van der Waals surface area contributed by atoms with Gasteiger partial charge in [0.25, 0.3) is 0 Å². The van der Waals surface area contributed by atoms with Gasteiger partial charge >= 0.3 is 0 Å². The zero-order valence-electron chi connectivity index (χ0n) is 16.3. The predicted molar refractivity (Wildman–Crippen MR) is 105 cm³/mol. The molecule has 0 spiro atoms. The number of rotatable bonds is 15. The van der Waals surface area contributed by atoms with E-state index in [9.17, 15) is 10.2 Å². The number of hydrogen-bond acceptors (Lipinski definition) is 3. The quantitative estimate of drug-likeness (QED) is 0.426. The highest BCUT2D eigenvalue weighted by atomic mass is 16.5. The van der Waals surface area contributed by atoms with Crippen LogP contribution in [0.2, 0.25) is 0 Å². The fraction of sp³-hybridized carbons (Fsp3) is 0.727. The van der Waals surface area contributed by atoms with Gasteiger partial charge in [-0.1, -0.05) is 56.5 Å². The van der Waals surface area contributed by atoms with E-state index < -0.39 is 5.60 Å². The van der Waals surface area contributed by atoms with Crippen molar-refractivity contribution in [3.05, 3.63) is 35.9 Å². The molecular weight excluding hydrogens is 312 g/mol. The van der Waals surface area contributed by atoms with Crippen LogP contribution in [0.15, 0.2) is 30.3 Å². The molecule has 0 fully saturated rings. The van der Waals surface area contributed by atoms with Gasteiger partial charge in [-0.15, -0.1) is 0 Å². The fourth-order valence-corrected chi connectivity index (χ4v) is 3.09. The number of aliphatic hydroxyl groups is 2. The van der Waals surface area contributed by atoms with E-state index in [4.69, 9.17) is 4.74 Å². The standard InChI is InChI=1S/C22H38O3/c1-3-4-9-16-22(2,24)17-11-15-21(23)14-8-10-18-25-19-20-12-6-5-7-13-20/h5-7,12-13,21,23-24H,3-4,8-11,14-19H2,1-2H3/t21-,22+/m0/s1. The Morgan fingerprint density at radius 3 is 2.36 bits per heavy atom. The first kappa shape index (κ1) is 22.1. The Labute approximate surface area is 154 Å². The molecule has 0 amide bonds. The van der Waals surface area contributed by atoms with Crippen molar-refractivity contribution in [1.29, 1.82) is 0 Å². The number of hydrogen-bond donors (Lipinski definition) is 2. The molecule has 1 aromatic carbocycles. The van der Waals surface area contributed by atoms with E-state index in [-0.39, 0.29) is 6.10 Å². The van der Waals surface area contributed by atoms with E-state index in [1.165, 1.54) is 18.4 Å². The zero-order chi connectivity index (χ0) is 18.4. The third-order valence-electron chi connectivity index (χ3n) is 4.76. The second-order valence-corrected chi connectivity index (χ2v) is 7.53. The molecule has 1 rings (SSSR count). The Morgan fingerprint density at radius 1 is 0.960 bits per heavy atom. The molecule has 0 aromatic heterocycles. The topological polar surface area (TPSA) is 49.7 Å². The molecule has 0 aliphatic heterocycles. The van der Waals surface area contributed by atoms with Crippen molar-refractivity contribution in [2.24, 2.45) is 0 Å². The number of aliphatic hydroxyl groups excluding tert-OH is 1. The maximum absolute atomic E-state index is 10.3. The first-order valence-corrected chi connectivity index (χ1v) is 10.1. The highest BCUT2D eigenvalue weighted by Gasteiger charge is 2.19. The highest BCUT2D eigenvalue weighted by Crippen LogP contribution is 2.22. The van der Waals surface area contributed by atoms with Gasteiger partial charge in [-0.2, -0.15) is 0 Å². The molecule has 0 bridgehead atoms. The van der Waals surface area contributed by atoms with Crippen LogP contribution in [-0.2, 0) is 11.3 Å². The van der Waals surface area contributed by atoms with Crippen molar-refractivity contribution in [1.82, 2.24) is 0 Å². The zero-order valence-corrected chi connectivity index (χ0v) is 16.3. The monoisotopic (exact) mass is 350 g/mol. The Morgan fingerprint density at radius 2 is 1.64 bits per heavy atom. The van der Waals surface area contributed by atoms with Gasteiger partial charge in [0.15, 0.2) is 0 Å². The number of unbranched alkanes of at least 4 members (excludes halogenated alkanes) is 3. The minimum absolute atomic E-state index is 0.249. The van der Waals surface area contributed by atoms with Crippen LogP contribution in [0.4, 0.5) is 0 Å². The average molecular weight is 351 g/mol. The summed E-state index contributed by atoms with van der Waals surface area (Å²) in [6.45, 7) is 5.52. The van der Waals surface area contributed by atoms with Crippen LogP contribution < -0.4 is 0 Å². The van der Waals surface area contributed by atoms with Gasteiger partial charge in [0.1, 0.15) is 0 Å². The van der Waals surface area contributed by atoms with Crippen molar-refractivity contribution in [3.8, 4) is 0 Å². The second kappa shape index (κ2) is 13.3. The summed E-state index contributed by atoms with van der Waals surface area (Å²) in [6.07, 6.45) is 9.35. The van der Waals surface area contributed by atoms with Gasteiger partial charge in [0.05, 0.1) is 18.3 Å². The Balaban J connectivity index is 1.97. The molecule has 0 aliphatic rings. The predicted octanol–water partition coefficient (Wildman–Crippen LogP) is 5.24. The molecule has 3 nitrogen and oxygen atoms in total. The summed E-state index contributed by atoms with van der Waals surface area (Å²) >= 11 is 0. The van der Waals surface area contributed by atoms with Gasteiger partial charge in [0.2, 0.25) is 0 Å². The van der Waals surface area contributed by atoms with Crippen LogP contribution in [0, 0.1) is 0 Å². The lowest BCUT2D eigenvalue weighted by atomic mass is 9.91.